The highest BCUT2D eigenvalue weighted by Crippen LogP contribution is 2.27. The Morgan fingerprint density at radius 1 is 1.04 bits per heavy atom. The number of nitrogens with one attached hydrogen (secondary N) is 1. The molecule has 130 valence electrons. The number of benzene rings is 2. The van der Waals surface area contributed by atoms with Crippen LogP contribution < -0.4 is 10.1 Å². The zero-order chi connectivity index (χ0) is 17.1. The summed E-state index contributed by atoms with van der Waals surface area (Å²) in [5, 5.41) is 3.44. The topological polar surface area (TPSA) is 41.6 Å². The molecular weight excluding hydrogens is 312 g/mol. The predicted octanol–water partition coefficient (Wildman–Crippen LogP) is 2.95. The molecule has 2 saturated heterocycles. The van der Waals surface area contributed by atoms with Crippen LogP contribution >= 0.6 is 0 Å². The minimum absolute atomic E-state index is 0.139. The van der Waals surface area contributed by atoms with Gasteiger partial charge in [-0.1, -0.05) is 30.3 Å². The van der Waals surface area contributed by atoms with Gasteiger partial charge in [-0.05, 0) is 61.2 Å². The number of amides is 1. The molecule has 2 aromatic carbocycles. The maximum Gasteiger partial charge on any atom is 0.253 e. The molecule has 4 rings (SSSR count). The van der Waals surface area contributed by atoms with Gasteiger partial charge in [0.2, 0.25) is 0 Å². The van der Waals surface area contributed by atoms with E-state index in [0.29, 0.717) is 12.5 Å². The number of rotatable bonds is 4. The van der Waals surface area contributed by atoms with E-state index in [-0.39, 0.29) is 5.91 Å². The van der Waals surface area contributed by atoms with Crippen LogP contribution in [0.25, 0.3) is 0 Å². The van der Waals surface area contributed by atoms with Gasteiger partial charge in [-0.2, -0.15) is 0 Å². The quantitative estimate of drug-likeness (QED) is 0.933. The molecule has 0 radical (unpaired) electrons. The van der Waals surface area contributed by atoms with Gasteiger partial charge in [-0.25, -0.2) is 0 Å². The van der Waals surface area contributed by atoms with Crippen LogP contribution in [0.5, 0.6) is 5.75 Å². The minimum Gasteiger partial charge on any atom is -0.489 e. The molecule has 0 aliphatic carbocycles. The predicted molar refractivity (Wildman–Crippen MR) is 97.6 cm³/mol. The first-order chi connectivity index (χ1) is 12.3. The monoisotopic (exact) mass is 336 g/mol. The first-order valence-electron chi connectivity index (χ1n) is 9.06. The fourth-order valence-electron chi connectivity index (χ4n) is 3.84. The molecule has 2 unspecified atom stereocenters. The Morgan fingerprint density at radius 2 is 1.80 bits per heavy atom. The molecule has 0 spiro atoms. The molecule has 25 heavy (non-hydrogen) atoms. The molecule has 1 N–H and O–H groups in total. The number of carbonyl (C=O) groups is 1. The second-order valence-corrected chi connectivity index (χ2v) is 7.02. The summed E-state index contributed by atoms with van der Waals surface area (Å²) in [6.07, 6.45) is 1.11. The highest BCUT2D eigenvalue weighted by molar-refractivity contribution is 5.94. The number of hydrogen-bond donors (Lipinski definition) is 1. The molecule has 2 atom stereocenters. The molecule has 2 aliphatic heterocycles. The number of piperidine rings is 1. The molecule has 4 heteroatoms. The summed E-state index contributed by atoms with van der Waals surface area (Å²) >= 11 is 0. The lowest BCUT2D eigenvalue weighted by molar-refractivity contribution is 0.0642. The largest absolute Gasteiger partial charge is 0.489 e. The van der Waals surface area contributed by atoms with Crippen molar-refractivity contribution in [2.75, 3.05) is 26.2 Å². The third kappa shape index (κ3) is 3.69. The van der Waals surface area contributed by atoms with Crippen LogP contribution in [0.1, 0.15) is 22.3 Å². The number of carbonyl (C=O) groups excluding carboxylic acids is 1. The summed E-state index contributed by atoms with van der Waals surface area (Å²) in [6, 6.07) is 17.6. The van der Waals surface area contributed by atoms with Gasteiger partial charge in [-0.15, -0.1) is 0 Å². The highest BCUT2D eigenvalue weighted by Gasteiger charge is 2.34. The van der Waals surface area contributed by atoms with Gasteiger partial charge in [-0.3, -0.25) is 4.79 Å². The summed E-state index contributed by atoms with van der Waals surface area (Å²) in [6.45, 7) is 4.44. The Bertz CT molecular complexity index is 714. The fourth-order valence-corrected chi connectivity index (χ4v) is 3.84. The van der Waals surface area contributed by atoms with Crippen LogP contribution in [0, 0.1) is 11.8 Å². The third-order valence-electron chi connectivity index (χ3n) is 5.34. The fraction of sp³-hybridized carbons (Fsp3) is 0.381. The Hall–Kier alpha value is -2.33. The van der Waals surface area contributed by atoms with Crippen molar-refractivity contribution in [2.45, 2.75) is 13.0 Å². The van der Waals surface area contributed by atoms with E-state index in [0.717, 1.165) is 55.4 Å². The van der Waals surface area contributed by atoms with Crippen molar-refractivity contribution in [1.82, 2.24) is 10.2 Å². The third-order valence-corrected chi connectivity index (χ3v) is 5.34. The Balaban J connectivity index is 1.35. The Kier molecular flexibility index (Phi) is 4.70. The van der Waals surface area contributed by atoms with Gasteiger partial charge in [0.25, 0.3) is 5.91 Å². The summed E-state index contributed by atoms with van der Waals surface area (Å²) < 4.78 is 5.80. The van der Waals surface area contributed by atoms with Crippen LogP contribution in [0.2, 0.25) is 0 Å². The molecule has 0 aromatic heterocycles. The van der Waals surface area contributed by atoms with E-state index in [1.807, 2.05) is 59.5 Å². The van der Waals surface area contributed by atoms with Gasteiger partial charge in [0.05, 0.1) is 0 Å². The van der Waals surface area contributed by atoms with Crippen LogP contribution in [-0.4, -0.2) is 37.0 Å². The zero-order valence-corrected chi connectivity index (χ0v) is 14.4. The second kappa shape index (κ2) is 7.28. The minimum atomic E-state index is 0.139. The van der Waals surface area contributed by atoms with Crippen molar-refractivity contribution in [1.29, 1.82) is 0 Å². The van der Waals surface area contributed by atoms with E-state index in [4.69, 9.17) is 4.74 Å². The van der Waals surface area contributed by atoms with Crippen molar-refractivity contribution in [2.24, 2.45) is 11.8 Å². The molecular formula is C21H24N2O2. The van der Waals surface area contributed by atoms with Crippen molar-refractivity contribution in [3.63, 3.8) is 0 Å². The lowest BCUT2D eigenvalue weighted by Crippen LogP contribution is -2.43. The van der Waals surface area contributed by atoms with Crippen LogP contribution in [0.4, 0.5) is 0 Å². The number of hydrogen-bond acceptors (Lipinski definition) is 3. The van der Waals surface area contributed by atoms with Crippen molar-refractivity contribution < 1.29 is 9.53 Å². The number of fused-ring (bicyclic) bond motifs is 1. The Labute approximate surface area is 148 Å². The van der Waals surface area contributed by atoms with E-state index in [2.05, 4.69) is 5.32 Å². The van der Waals surface area contributed by atoms with E-state index in [1.54, 1.807) is 0 Å². The van der Waals surface area contributed by atoms with Gasteiger partial charge < -0.3 is 15.0 Å². The number of nitrogens with zero attached hydrogens (tertiary/aromatic N) is 1. The van der Waals surface area contributed by atoms with E-state index in [9.17, 15) is 4.79 Å². The number of ether oxygens (including phenoxy) is 1. The number of likely N-dealkylation sites (tertiary alicyclic amines) is 1. The highest BCUT2D eigenvalue weighted by atomic mass is 16.5. The lowest BCUT2D eigenvalue weighted by atomic mass is 9.88. The SMILES string of the molecule is O=C(c1ccc(OCc2ccccc2)cc1)N1CCC2CNCC2C1. The normalized spacial score (nSPS) is 22.5. The molecule has 4 nitrogen and oxygen atoms in total. The van der Waals surface area contributed by atoms with Gasteiger partial charge in [0, 0.05) is 18.7 Å². The summed E-state index contributed by atoms with van der Waals surface area (Å²) in [4.78, 5) is 14.8. The summed E-state index contributed by atoms with van der Waals surface area (Å²) in [5.74, 6) is 2.29. The molecule has 0 bridgehead atoms. The maximum absolute atomic E-state index is 12.7. The molecule has 0 saturated carbocycles. The van der Waals surface area contributed by atoms with Gasteiger partial charge >= 0.3 is 0 Å². The standard InChI is InChI=1S/C21H24N2O2/c24-21(23-11-10-18-12-22-13-19(18)14-23)17-6-8-20(9-7-17)25-15-16-4-2-1-3-5-16/h1-9,18-19,22H,10-15H2. The van der Waals surface area contributed by atoms with E-state index < -0.39 is 0 Å². The average molecular weight is 336 g/mol. The van der Waals surface area contributed by atoms with Crippen LogP contribution in [-0.2, 0) is 6.61 Å². The molecule has 2 aromatic rings. The van der Waals surface area contributed by atoms with E-state index >= 15 is 0 Å². The molecule has 2 fully saturated rings. The van der Waals surface area contributed by atoms with Crippen LogP contribution in [0.15, 0.2) is 54.6 Å². The average Bonchev–Trinajstić information content (AvgIpc) is 3.15. The molecule has 2 aliphatic rings. The first kappa shape index (κ1) is 16.2. The van der Waals surface area contributed by atoms with Crippen LogP contribution in [0.3, 0.4) is 0 Å². The maximum atomic E-state index is 12.7. The Morgan fingerprint density at radius 3 is 2.60 bits per heavy atom. The second-order valence-electron chi connectivity index (χ2n) is 7.02. The van der Waals surface area contributed by atoms with E-state index in [1.165, 1.54) is 0 Å². The van der Waals surface area contributed by atoms with Crippen molar-refractivity contribution >= 4 is 5.91 Å². The van der Waals surface area contributed by atoms with Crippen molar-refractivity contribution in [3.05, 3.63) is 65.7 Å². The smallest absolute Gasteiger partial charge is 0.253 e. The summed E-state index contributed by atoms with van der Waals surface area (Å²) in [5.41, 5.74) is 1.88. The van der Waals surface area contributed by atoms with Gasteiger partial charge in [0.1, 0.15) is 12.4 Å². The molecule has 2 heterocycles. The zero-order valence-electron chi connectivity index (χ0n) is 14.4. The van der Waals surface area contributed by atoms with Gasteiger partial charge in [0.15, 0.2) is 0 Å². The first-order valence-corrected chi connectivity index (χ1v) is 9.06. The lowest BCUT2D eigenvalue weighted by Gasteiger charge is -2.34. The summed E-state index contributed by atoms with van der Waals surface area (Å²) in [7, 11) is 0. The molecule has 1 amide bonds. The van der Waals surface area contributed by atoms with Crippen molar-refractivity contribution in [3.8, 4) is 5.75 Å².